The lowest BCUT2D eigenvalue weighted by molar-refractivity contribution is 0.379. The zero-order valence-corrected chi connectivity index (χ0v) is 12.8. The molecule has 0 amide bonds. The van der Waals surface area contributed by atoms with Crippen molar-refractivity contribution >= 4 is 27.3 Å². The molecule has 0 aliphatic heterocycles. The van der Waals surface area contributed by atoms with E-state index in [1.807, 2.05) is 11.3 Å². The van der Waals surface area contributed by atoms with Crippen LogP contribution in [0.4, 0.5) is 0 Å². The number of halogens is 1. The van der Waals surface area contributed by atoms with Crippen molar-refractivity contribution in [2.45, 2.75) is 46.1 Å². The van der Waals surface area contributed by atoms with Gasteiger partial charge in [0.15, 0.2) is 0 Å². The zero-order valence-electron chi connectivity index (χ0n) is 10.4. The molecule has 0 saturated heterocycles. The number of thiophene rings is 1. The molecular weight excluding hydrogens is 282 g/mol. The fourth-order valence-corrected chi connectivity index (χ4v) is 3.53. The monoisotopic (exact) mass is 303 g/mol. The smallest absolute Gasteiger partial charge is 0.0701 e. The summed E-state index contributed by atoms with van der Waals surface area (Å²) in [5.74, 6) is 0.838. The van der Waals surface area contributed by atoms with Gasteiger partial charge in [-0.2, -0.15) is 0 Å². The largest absolute Gasteiger partial charge is 0.310 e. The average molecular weight is 304 g/mol. The van der Waals surface area contributed by atoms with Crippen LogP contribution in [0.5, 0.6) is 0 Å². The molecule has 16 heavy (non-hydrogen) atoms. The molecule has 0 fully saturated rings. The normalized spacial score (nSPS) is 13.3. The van der Waals surface area contributed by atoms with Crippen molar-refractivity contribution in [2.24, 2.45) is 5.92 Å². The Morgan fingerprint density at radius 1 is 1.25 bits per heavy atom. The van der Waals surface area contributed by atoms with Gasteiger partial charge in [0.25, 0.3) is 0 Å². The van der Waals surface area contributed by atoms with Crippen molar-refractivity contribution in [3.63, 3.8) is 0 Å². The molecule has 0 saturated carbocycles. The summed E-state index contributed by atoms with van der Waals surface area (Å²) < 4.78 is 1.23. The summed E-state index contributed by atoms with van der Waals surface area (Å²) in [4.78, 5) is 1.46. The Morgan fingerprint density at radius 3 is 2.38 bits per heavy atom. The van der Waals surface area contributed by atoms with Gasteiger partial charge in [-0.15, -0.1) is 11.3 Å². The Labute approximate surface area is 112 Å². The molecule has 0 aromatic carbocycles. The van der Waals surface area contributed by atoms with E-state index >= 15 is 0 Å². The second kappa shape index (κ2) is 7.46. The van der Waals surface area contributed by atoms with Gasteiger partial charge in [0.05, 0.1) is 3.79 Å². The first-order chi connectivity index (χ1) is 7.71. The predicted molar refractivity (Wildman–Crippen MR) is 77.1 cm³/mol. The maximum atomic E-state index is 3.60. The molecule has 3 heteroatoms. The van der Waals surface area contributed by atoms with E-state index in [0.29, 0.717) is 6.04 Å². The summed E-state index contributed by atoms with van der Waals surface area (Å²) in [7, 11) is 0. The van der Waals surface area contributed by atoms with Gasteiger partial charge >= 0.3 is 0 Å². The Kier molecular flexibility index (Phi) is 6.62. The fraction of sp³-hybridized carbons (Fsp3) is 0.692. The quantitative estimate of drug-likeness (QED) is 0.748. The molecule has 1 nitrogen and oxygen atoms in total. The SMILES string of the molecule is CCNC(CC(CC)CC)c1ccc(Br)s1. The number of hydrogen-bond donors (Lipinski definition) is 1. The first-order valence-corrected chi connectivity index (χ1v) is 7.80. The van der Waals surface area contributed by atoms with E-state index in [4.69, 9.17) is 0 Å². The second-order valence-corrected chi connectivity index (χ2v) is 6.66. The molecule has 0 spiro atoms. The molecule has 1 aromatic rings. The van der Waals surface area contributed by atoms with Gasteiger partial charge < -0.3 is 5.32 Å². The topological polar surface area (TPSA) is 12.0 Å². The molecule has 1 atom stereocenters. The maximum absolute atomic E-state index is 3.60. The standard InChI is InChI=1S/C13H22BrNS/c1-4-10(5-2)9-11(15-6-3)12-7-8-13(14)16-12/h7-8,10-11,15H,4-6,9H2,1-3H3. The van der Waals surface area contributed by atoms with Crippen LogP contribution in [-0.4, -0.2) is 6.54 Å². The first-order valence-electron chi connectivity index (χ1n) is 6.19. The van der Waals surface area contributed by atoms with Crippen molar-refractivity contribution in [1.29, 1.82) is 0 Å². The second-order valence-electron chi connectivity index (χ2n) is 4.17. The molecule has 1 rings (SSSR count). The van der Waals surface area contributed by atoms with Gasteiger partial charge in [-0.05, 0) is 46.9 Å². The van der Waals surface area contributed by atoms with Crippen LogP contribution < -0.4 is 5.32 Å². The average Bonchev–Trinajstić information content (AvgIpc) is 2.71. The van der Waals surface area contributed by atoms with Gasteiger partial charge in [-0.3, -0.25) is 0 Å². The summed E-state index contributed by atoms with van der Waals surface area (Å²) in [6.45, 7) is 7.81. The van der Waals surface area contributed by atoms with E-state index in [9.17, 15) is 0 Å². The Hall–Kier alpha value is 0.140. The van der Waals surface area contributed by atoms with Gasteiger partial charge in [0.1, 0.15) is 0 Å². The minimum Gasteiger partial charge on any atom is -0.310 e. The van der Waals surface area contributed by atoms with Crippen molar-refractivity contribution < 1.29 is 0 Å². The summed E-state index contributed by atoms with van der Waals surface area (Å²) >= 11 is 5.40. The molecule has 1 N–H and O–H groups in total. The molecule has 0 radical (unpaired) electrons. The van der Waals surface area contributed by atoms with E-state index in [2.05, 4.69) is 54.2 Å². The van der Waals surface area contributed by atoms with Gasteiger partial charge in [0.2, 0.25) is 0 Å². The van der Waals surface area contributed by atoms with Crippen LogP contribution in [0.2, 0.25) is 0 Å². The third-order valence-electron chi connectivity index (χ3n) is 3.11. The van der Waals surface area contributed by atoms with Crippen molar-refractivity contribution in [1.82, 2.24) is 5.32 Å². The van der Waals surface area contributed by atoms with Crippen LogP contribution >= 0.6 is 27.3 Å². The summed E-state index contributed by atoms with van der Waals surface area (Å²) in [6, 6.07) is 4.92. The Morgan fingerprint density at radius 2 is 1.94 bits per heavy atom. The number of rotatable bonds is 7. The lowest BCUT2D eigenvalue weighted by atomic mass is 9.94. The molecule has 1 heterocycles. The summed E-state index contributed by atoms with van der Waals surface area (Å²) in [5.41, 5.74) is 0. The fourth-order valence-electron chi connectivity index (χ4n) is 2.02. The van der Waals surface area contributed by atoms with Crippen LogP contribution in [0.15, 0.2) is 15.9 Å². The Bertz CT molecular complexity index is 294. The van der Waals surface area contributed by atoms with Gasteiger partial charge in [-0.1, -0.05) is 33.6 Å². The van der Waals surface area contributed by atoms with E-state index in [1.54, 1.807) is 0 Å². The lowest BCUT2D eigenvalue weighted by Gasteiger charge is -2.21. The highest BCUT2D eigenvalue weighted by molar-refractivity contribution is 9.11. The maximum Gasteiger partial charge on any atom is 0.0701 e. The third kappa shape index (κ3) is 4.19. The molecule has 0 aliphatic carbocycles. The van der Waals surface area contributed by atoms with Crippen LogP contribution in [0.1, 0.15) is 51.0 Å². The van der Waals surface area contributed by atoms with Crippen LogP contribution in [0.25, 0.3) is 0 Å². The molecular formula is C13H22BrNS. The predicted octanol–water partition coefficient (Wildman–Crippen LogP) is 4.99. The van der Waals surface area contributed by atoms with Gasteiger partial charge in [0, 0.05) is 10.9 Å². The first kappa shape index (κ1) is 14.2. The Balaban J connectivity index is 2.66. The highest BCUT2D eigenvalue weighted by Crippen LogP contribution is 2.32. The summed E-state index contributed by atoms with van der Waals surface area (Å²) in [6.07, 6.45) is 3.82. The molecule has 0 aliphatic rings. The highest BCUT2D eigenvalue weighted by Gasteiger charge is 2.16. The van der Waals surface area contributed by atoms with Crippen molar-refractivity contribution in [3.8, 4) is 0 Å². The molecule has 0 bridgehead atoms. The summed E-state index contributed by atoms with van der Waals surface area (Å²) in [5, 5.41) is 3.60. The minimum atomic E-state index is 0.534. The third-order valence-corrected chi connectivity index (χ3v) is 4.85. The van der Waals surface area contributed by atoms with Gasteiger partial charge in [-0.25, -0.2) is 0 Å². The number of hydrogen-bond acceptors (Lipinski definition) is 2. The van der Waals surface area contributed by atoms with Crippen molar-refractivity contribution in [2.75, 3.05) is 6.54 Å². The highest BCUT2D eigenvalue weighted by atomic mass is 79.9. The van der Waals surface area contributed by atoms with Crippen LogP contribution in [0, 0.1) is 5.92 Å². The molecule has 1 unspecified atom stereocenters. The van der Waals surface area contributed by atoms with E-state index in [0.717, 1.165) is 12.5 Å². The lowest BCUT2D eigenvalue weighted by Crippen LogP contribution is -2.22. The van der Waals surface area contributed by atoms with E-state index in [-0.39, 0.29) is 0 Å². The van der Waals surface area contributed by atoms with Crippen LogP contribution in [0.3, 0.4) is 0 Å². The van der Waals surface area contributed by atoms with E-state index in [1.165, 1.54) is 27.9 Å². The van der Waals surface area contributed by atoms with E-state index < -0.39 is 0 Å². The van der Waals surface area contributed by atoms with Crippen molar-refractivity contribution in [3.05, 3.63) is 20.8 Å². The minimum absolute atomic E-state index is 0.534. The zero-order chi connectivity index (χ0) is 12.0. The van der Waals surface area contributed by atoms with Crippen LogP contribution in [-0.2, 0) is 0 Å². The number of nitrogens with one attached hydrogen (secondary N) is 1. The molecule has 92 valence electrons. The molecule has 1 aromatic heterocycles.